The van der Waals surface area contributed by atoms with E-state index in [1.807, 2.05) is 29.2 Å². The molecule has 1 aliphatic rings. The Labute approximate surface area is 72.7 Å². The van der Waals surface area contributed by atoms with E-state index in [0.717, 1.165) is 13.1 Å². The van der Waals surface area contributed by atoms with E-state index < -0.39 is 0 Å². The van der Waals surface area contributed by atoms with Crippen LogP contribution in [0, 0.1) is 0 Å². The molecule has 0 amide bonds. The monoisotopic (exact) mass is 165 g/mol. The zero-order valence-corrected chi connectivity index (χ0v) is 7.16. The highest BCUT2D eigenvalue weighted by atomic mass is 15.4. The Bertz CT molecular complexity index is 212. The molecule has 0 aromatic carbocycles. The van der Waals surface area contributed by atoms with Gasteiger partial charge in [0.05, 0.1) is 0 Å². The Balaban J connectivity index is 1.86. The lowest BCUT2D eigenvalue weighted by atomic mass is 10.1. The van der Waals surface area contributed by atoms with Crippen LogP contribution < -0.4 is 10.7 Å². The van der Waals surface area contributed by atoms with Crippen LogP contribution in [0.4, 0.5) is 0 Å². The lowest BCUT2D eigenvalue weighted by Gasteiger charge is -2.24. The molecule has 0 radical (unpaired) electrons. The van der Waals surface area contributed by atoms with E-state index in [9.17, 15) is 0 Å². The molecule has 0 saturated carbocycles. The Morgan fingerprint density at radius 3 is 2.50 bits per heavy atom. The SMILES string of the molecule is c1ccn(NC2CCNCC2)c1. The van der Waals surface area contributed by atoms with Crippen LogP contribution in [0.25, 0.3) is 0 Å². The molecule has 3 heteroatoms. The van der Waals surface area contributed by atoms with Crippen molar-refractivity contribution < 1.29 is 0 Å². The van der Waals surface area contributed by atoms with E-state index in [0.29, 0.717) is 6.04 Å². The second-order valence-electron chi connectivity index (χ2n) is 3.24. The Morgan fingerprint density at radius 2 is 1.83 bits per heavy atom. The summed E-state index contributed by atoms with van der Waals surface area (Å²) in [5, 5.41) is 3.35. The summed E-state index contributed by atoms with van der Waals surface area (Å²) in [6, 6.07) is 4.71. The summed E-state index contributed by atoms with van der Waals surface area (Å²) in [7, 11) is 0. The molecular weight excluding hydrogens is 150 g/mol. The number of hydrogen-bond acceptors (Lipinski definition) is 2. The minimum absolute atomic E-state index is 0.638. The van der Waals surface area contributed by atoms with E-state index in [2.05, 4.69) is 10.7 Å². The van der Waals surface area contributed by atoms with Crippen molar-refractivity contribution in [3.05, 3.63) is 24.5 Å². The molecule has 2 heterocycles. The topological polar surface area (TPSA) is 29.0 Å². The van der Waals surface area contributed by atoms with Crippen LogP contribution in [-0.2, 0) is 0 Å². The highest BCUT2D eigenvalue weighted by molar-refractivity contribution is 4.96. The standard InChI is InChI=1S/C9H15N3/c1-2-8-12(7-1)11-9-3-5-10-6-4-9/h1-2,7-11H,3-6H2. The molecule has 1 fully saturated rings. The van der Waals surface area contributed by atoms with Gasteiger partial charge in [0.15, 0.2) is 0 Å². The van der Waals surface area contributed by atoms with Gasteiger partial charge in [0.1, 0.15) is 0 Å². The molecule has 0 aliphatic carbocycles. The van der Waals surface area contributed by atoms with E-state index in [1.165, 1.54) is 12.8 Å². The number of nitrogens with zero attached hydrogens (tertiary/aromatic N) is 1. The van der Waals surface area contributed by atoms with Gasteiger partial charge in [-0.25, -0.2) is 0 Å². The summed E-state index contributed by atoms with van der Waals surface area (Å²) >= 11 is 0. The minimum atomic E-state index is 0.638. The molecule has 66 valence electrons. The zero-order chi connectivity index (χ0) is 8.23. The number of nitrogens with one attached hydrogen (secondary N) is 2. The lowest BCUT2D eigenvalue weighted by Crippen LogP contribution is -2.38. The summed E-state index contributed by atoms with van der Waals surface area (Å²) < 4.78 is 2.04. The van der Waals surface area contributed by atoms with E-state index in [1.54, 1.807) is 0 Å². The van der Waals surface area contributed by atoms with Crippen LogP contribution in [0.1, 0.15) is 12.8 Å². The molecule has 2 rings (SSSR count). The smallest absolute Gasteiger partial charge is 0.0448 e. The van der Waals surface area contributed by atoms with Gasteiger partial charge in [0.2, 0.25) is 0 Å². The van der Waals surface area contributed by atoms with E-state index in [-0.39, 0.29) is 0 Å². The maximum atomic E-state index is 3.44. The fraction of sp³-hybridized carbons (Fsp3) is 0.556. The fourth-order valence-electron chi connectivity index (χ4n) is 1.58. The van der Waals surface area contributed by atoms with Crippen molar-refractivity contribution >= 4 is 0 Å². The molecule has 1 aromatic heterocycles. The van der Waals surface area contributed by atoms with Gasteiger partial charge in [0.25, 0.3) is 0 Å². The van der Waals surface area contributed by atoms with Gasteiger partial charge in [-0.3, -0.25) is 4.68 Å². The van der Waals surface area contributed by atoms with Gasteiger partial charge in [-0.1, -0.05) is 0 Å². The molecule has 0 bridgehead atoms. The Kier molecular flexibility index (Phi) is 2.32. The van der Waals surface area contributed by atoms with Crippen LogP contribution in [0.3, 0.4) is 0 Å². The van der Waals surface area contributed by atoms with Crippen LogP contribution in [-0.4, -0.2) is 23.8 Å². The van der Waals surface area contributed by atoms with Crippen molar-refractivity contribution in [2.45, 2.75) is 18.9 Å². The number of piperidine rings is 1. The van der Waals surface area contributed by atoms with Crippen molar-refractivity contribution in [3.8, 4) is 0 Å². The van der Waals surface area contributed by atoms with E-state index >= 15 is 0 Å². The first-order chi connectivity index (χ1) is 5.95. The Hall–Kier alpha value is -0.960. The quantitative estimate of drug-likeness (QED) is 0.678. The van der Waals surface area contributed by atoms with Crippen LogP contribution in [0.5, 0.6) is 0 Å². The third kappa shape index (κ3) is 1.80. The molecule has 3 nitrogen and oxygen atoms in total. The number of hydrogen-bond donors (Lipinski definition) is 2. The third-order valence-electron chi connectivity index (χ3n) is 2.28. The average Bonchev–Trinajstić information content (AvgIpc) is 2.59. The highest BCUT2D eigenvalue weighted by Gasteiger charge is 2.11. The summed E-state index contributed by atoms with van der Waals surface area (Å²) in [5.74, 6) is 0. The lowest BCUT2D eigenvalue weighted by molar-refractivity contribution is 0.454. The fourth-order valence-corrected chi connectivity index (χ4v) is 1.58. The maximum Gasteiger partial charge on any atom is 0.0448 e. The van der Waals surface area contributed by atoms with Gasteiger partial charge in [-0.15, -0.1) is 0 Å². The van der Waals surface area contributed by atoms with Crippen molar-refractivity contribution in [1.29, 1.82) is 0 Å². The van der Waals surface area contributed by atoms with Gasteiger partial charge in [0, 0.05) is 18.4 Å². The van der Waals surface area contributed by atoms with Crippen LogP contribution in [0.15, 0.2) is 24.5 Å². The number of rotatable bonds is 2. The normalized spacial score (nSPS) is 19.3. The first-order valence-corrected chi connectivity index (χ1v) is 4.55. The van der Waals surface area contributed by atoms with Gasteiger partial charge < -0.3 is 10.7 Å². The second kappa shape index (κ2) is 3.63. The highest BCUT2D eigenvalue weighted by Crippen LogP contribution is 2.03. The third-order valence-corrected chi connectivity index (χ3v) is 2.28. The van der Waals surface area contributed by atoms with Crippen molar-refractivity contribution in [3.63, 3.8) is 0 Å². The molecule has 12 heavy (non-hydrogen) atoms. The van der Waals surface area contributed by atoms with Crippen molar-refractivity contribution in [2.75, 3.05) is 18.5 Å². The molecule has 0 spiro atoms. The molecular formula is C9H15N3. The zero-order valence-electron chi connectivity index (χ0n) is 7.16. The Morgan fingerprint density at radius 1 is 1.17 bits per heavy atom. The second-order valence-corrected chi connectivity index (χ2v) is 3.24. The predicted molar refractivity (Wildman–Crippen MR) is 49.7 cm³/mol. The predicted octanol–water partition coefficient (Wildman–Crippen LogP) is 0.784. The first kappa shape index (κ1) is 7.68. The molecule has 0 atom stereocenters. The average molecular weight is 165 g/mol. The van der Waals surface area contributed by atoms with Crippen molar-refractivity contribution in [2.24, 2.45) is 0 Å². The number of aromatic nitrogens is 1. The largest absolute Gasteiger partial charge is 0.323 e. The van der Waals surface area contributed by atoms with Crippen molar-refractivity contribution in [1.82, 2.24) is 9.99 Å². The van der Waals surface area contributed by atoms with E-state index in [4.69, 9.17) is 0 Å². The first-order valence-electron chi connectivity index (χ1n) is 4.55. The van der Waals surface area contributed by atoms with Gasteiger partial charge in [-0.2, -0.15) is 0 Å². The molecule has 0 unspecified atom stereocenters. The van der Waals surface area contributed by atoms with Gasteiger partial charge in [-0.05, 0) is 38.1 Å². The molecule has 1 aliphatic heterocycles. The summed E-state index contributed by atoms with van der Waals surface area (Å²) in [6.07, 6.45) is 6.53. The van der Waals surface area contributed by atoms with Gasteiger partial charge >= 0.3 is 0 Å². The molecule has 1 saturated heterocycles. The molecule has 1 aromatic rings. The summed E-state index contributed by atoms with van der Waals surface area (Å²) in [6.45, 7) is 2.28. The molecule has 2 N–H and O–H groups in total. The minimum Gasteiger partial charge on any atom is -0.323 e. The van der Waals surface area contributed by atoms with Crippen LogP contribution >= 0.6 is 0 Å². The maximum absolute atomic E-state index is 3.44. The summed E-state index contributed by atoms with van der Waals surface area (Å²) in [4.78, 5) is 0. The van der Waals surface area contributed by atoms with Crippen LogP contribution in [0.2, 0.25) is 0 Å². The summed E-state index contributed by atoms with van der Waals surface area (Å²) in [5.41, 5.74) is 3.44.